The van der Waals surface area contributed by atoms with Crippen LogP contribution >= 0.6 is 7.29 Å². The van der Waals surface area contributed by atoms with Crippen LogP contribution in [-0.2, 0) is 9.36 Å². The second kappa shape index (κ2) is 7.33. The molecule has 1 heterocycles. The van der Waals surface area contributed by atoms with Crippen LogP contribution in [0.1, 0.15) is 30.5 Å². The quantitative estimate of drug-likeness (QED) is 0.837. The Morgan fingerprint density at radius 3 is 2.00 bits per heavy atom. The van der Waals surface area contributed by atoms with Gasteiger partial charge in [-0.25, -0.2) is 4.67 Å². The number of hydrogen-bond donors (Lipinski definition) is 1. The van der Waals surface area contributed by atoms with Gasteiger partial charge in [0.1, 0.15) is 0 Å². The van der Waals surface area contributed by atoms with Crippen molar-refractivity contribution in [1.82, 2.24) is 4.67 Å². The Balaban J connectivity index is 2.15. The highest BCUT2D eigenvalue weighted by molar-refractivity contribution is 7.70. The average Bonchev–Trinajstić information content (AvgIpc) is 2.64. The number of carbonyl (C=O) groups is 1. The van der Waals surface area contributed by atoms with Crippen molar-refractivity contribution in [3.8, 4) is 0 Å². The third-order valence-electron chi connectivity index (χ3n) is 4.58. The van der Waals surface area contributed by atoms with Crippen molar-refractivity contribution in [3.63, 3.8) is 0 Å². The second-order valence-electron chi connectivity index (χ2n) is 6.12. The summed E-state index contributed by atoms with van der Waals surface area (Å²) in [5.41, 5.74) is -0.443. The first-order chi connectivity index (χ1) is 11.6. The van der Waals surface area contributed by atoms with E-state index in [1.54, 1.807) is 36.4 Å². The number of piperidine rings is 1. The third-order valence-corrected chi connectivity index (χ3v) is 8.08. The smallest absolute Gasteiger partial charge is 0.320 e. The topological polar surface area (TPSA) is 57.6 Å². The predicted molar refractivity (Wildman–Crippen MR) is 95.9 cm³/mol. The lowest BCUT2D eigenvalue weighted by molar-refractivity contribution is -0.136. The van der Waals surface area contributed by atoms with Gasteiger partial charge in [-0.15, -0.1) is 0 Å². The summed E-state index contributed by atoms with van der Waals surface area (Å²) < 4.78 is 16.2. The Labute approximate surface area is 142 Å². The molecule has 4 nitrogen and oxygen atoms in total. The molecule has 2 aromatic rings. The first kappa shape index (κ1) is 16.9. The molecule has 1 aliphatic heterocycles. The van der Waals surface area contributed by atoms with E-state index in [-0.39, 0.29) is 0 Å². The molecule has 3 rings (SSSR count). The number of nitrogens with zero attached hydrogens (tertiary/aromatic N) is 1. The van der Waals surface area contributed by atoms with Crippen LogP contribution in [0.3, 0.4) is 0 Å². The largest absolute Gasteiger partial charge is 0.480 e. The summed E-state index contributed by atoms with van der Waals surface area (Å²) >= 11 is 0. The van der Waals surface area contributed by atoms with E-state index in [9.17, 15) is 14.5 Å². The molecule has 0 bridgehead atoms. The molecule has 2 atom stereocenters. The van der Waals surface area contributed by atoms with Gasteiger partial charge in [0, 0.05) is 18.4 Å². The Morgan fingerprint density at radius 1 is 0.917 bits per heavy atom. The second-order valence-corrected chi connectivity index (χ2v) is 8.97. The summed E-state index contributed by atoms with van der Waals surface area (Å²) in [5.74, 6) is -1.03. The molecule has 0 aliphatic carbocycles. The summed E-state index contributed by atoms with van der Waals surface area (Å²) in [6.07, 6.45) is 3.02. The molecule has 0 unspecified atom stereocenters. The van der Waals surface area contributed by atoms with E-state index in [4.69, 9.17) is 0 Å². The summed E-state index contributed by atoms with van der Waals surface area (Å²) in [6.45, 7) is 1.37. The first-order valence-electron chi connectivity index (χ1n) is 8.32. The van der Waals surface area contributed by atoms with E-state index in [1.165, 1.54) is 0 Å². The Hall–Kier alpha value is -1.90. The van der Waals surface area contributed by atoms with Crippen LogP contribution in [0.5, 0.6) is 0 Å². The minimum Gasteiger partial charge on any atom is -0.480 e. The Morgan fingerprint density at radius 2 is 1.46 bits per heavy atom. The van der Waals surface area contributed by atoms with Crippen molar-refractivity contribution >= 4 is 18.6 Å². The maximum absolute atomic E-state index is 14.3. The standard InChI is InChI=1S/C19H22NO3P/c21-19(22)18(16-10-4-1-5-11-16)24(23,17-12-6-2-7-13-17)20-14-8-3-9-15-20/h1-2,4-7,10-13,18H,3,8-9,14-15H2,(H,21,22)/t18-,24-/m1/s1. The normalized spacial score (nSPS) is 19.3. The molecule has 1 fully saturated rings. The Kier molecular flexibility index (Phi) is 5.17. The maximum atomic E-state index is 14.3. The van der Waals surface area contributed by atoms with Crippen molar-refractivity contribution in [3.05, 3.63) is 66.2 Å². The zero-order chi connectivity index (χ0) is 17.0. The van der Waals surface area contributed by atoms with Gasteiger partial charge in [-0.2, -0.15) is 0 Å². The highest BCUT2D eigenvalue weighted by Gasteiger charge is 2.45. The SMILES string of the molecule is O=C(O)[C@@H](c1ccccc1)[P@](=O)(c1ccccc1)N1CCCCC1. The number of carboxylic acids is 1. The average molecular weight is 343 g/mol. The first-order valence-corrected chi connectivity index (χ1v) is 10.1. The van der Waals surface area contributed by atoms with Crippen LogP contribution in [0.2, 0.25) is 0 Å². The summed E-state index contributed by atoms with van der Waals surface area (Å²) in [6, 6.07) is 18.1. The lowest BCUT2D eigenvalue weighted by Crippen LogP contribution is -2.35. The van der Waals surface area contributed by atoms with Crippen LogP contribution in [-0.4, -0.2) is 28.8 Å². The lowest BCUT2D eigenvalue weighted by atomic mass is 10.1. The van der Waals surface area contributed by atoms with Gasteiger partial charge in [-0.1, -0.05) is 67.1 Å². The van der Waals surface area contributed by atoms with Gasteiger partial charge in [0.05, 0.1) is 0 Å². The number of benzene rings is 2. The van der Waals surface area contributed by atoms with E-state index in [2.05, 4.69) is 0 Å². The molecule has 0 radical (unpaired) electrons. The molecule has 0 spiro atoms. The fourth-order valence-corrected chi connectivity index (χ4v) is 6.72. The molecule has 0 saturated carbocycles. The fourth-order valence-electron chi connectivity index (χ4n) is 3.42. The monoisotopic (exact) mass is 343 g/mol. The molecule has 5 heteroatoms. The molecular weight excluding hydrogens is 321 g/mol. The van der Waals surface area contributed by atoms with E-state index < -0.39 is 18.9 Å². The lowest BCUT2D eigenvalue weighted by Gasteiger charge is -2.38. The van der Waals surface area contributed by atoms with Crippen molar-refractivity contribution in [2.75, 3.05) is 13.1 Å². The van der Waals surface area contributed by atoms with Crippen molar-refractivity contribution in [2.45, 2.75) is 24.9 Å². The fraction of sp³-hybridized carbons (Fsp3) is 0.316. The summed E-state index contributed by atoms with van der Waals surface area (Å²) in [7, 11) is -3.30. The van der Waals surface area contributed by atoms with Crippen LogP contribution < -0.4 is 5.30 Å². The number of carboxylic acid groups (broad SMARTS) is 1. The number of aliphatic carboxylic acids is 1. The van der Waals surface area contributed by atoms with Crippen molar-refractivity contribution < 1.29 is 14.5 Å². The zero-order valence-electron chi connectivity index (χ0n) is 13.5. The Bertz CT molecular complexity index is 727. The highest BCUT2D eigenvalue weighted by atomic mass is 31.2. The molecular formula is C19H22NO3P. The van der Waals surface area contributed by atoms with Crippen LogP contribution in [0.4, 0.5) is 0 Å². The van der Waals surface area contributed by atoms with Gasteiger partial charge in [-0.3, -0.25) is 4.79 Å². The molecule has 1 aliphatic rings. The molecule has 0 aromatic heterocycles. The number of rotatable bonds is 5. The molecule has 1 saturated heterocycles. The maximum Gasteiger partial charge on any atom is 0.320 e. The molecule has 2 aromatic carbocycles. The van der Waals surface area contributed by atoms with Crippen molar-refractivity contribution in [1.29, 1.82) is 0 Å². The van der Waals surface area contributed by atoms with Crippen LogP contribution in [0.15, 0.2) is 60.7 Å². The van der Waals surface area contributed by atoms with Gasteiger partial charge in [0.15, 0.2) is 13.0 Å². The van der Waals surface area contributed by atoms with Gasteiger partial charge in [0.2, 0.25) is 0 Å². The van der Waals surface area contributed by atoms with E-state index >= 15 is 0 Å². The van der Waals surface area contributed by atoms with Crippen molar-refractivity contribution in [2.24, 2.45) is 0 Å². The zero-order valence-corrected chi connectivity index (χ0v) is 14.4. The molecule has 126 valence electrons. The minimum atomic E-state index is -3.30. The molecule has 24 heavy (non-hydrogen) atoms. The molecule has 1 N–H and O–H groups in total. The van der Waals surface area contributed by atoms with Gasteiger partial charge < -0.3 is 9.67 Å². The summed E-state index contributed by atoms with van der Waals surface area (Å²) in [5, 5.41) is 10.6. The number of hydrogen-bond acceptors (Lipinski definition) is 2. The van der Waals surface area contributed by atoms with Gasteiger partial charge in [-0.05, 0) is 18.4 Å². The van der Waals surface area contributed by atoms with E-state index in [0.717, 1.165) is 19.3 Å². The highest BCUT2D eigenvalue weighted by Crippen LogP contribution is 2.61. The molecule has 0 amide bonds. The van der Waals surface area contributed by atoms with Crippen LogP contribution in [0, 0.1) is 0 Å². The minimum absolute atomic E-state index is 0.600. The predicted octanol–water partition coefficient (Wildman–Crippen LogP) is 3.90. The van der Waals surface area contributed by atoms with Gasteiger partial charge in [0.25, 0.3) is 0 Å². The summed E-state index contributed by atoms with van der Waals surface area (Å²) in [4.78, 5) is 12.2. The third kappa shape index (κ3) is 3.17. The van der Waals surface area contributed by atoms with E-state index in [1.807, 2.05) is 28.9 Å². The van der Waals surface area contributed by atoms with E-state index in [0.29, 0.717) is 24.0 Å². The van der Waals surface area contributed by atoms with Crippen LogP contribution in [0.25, 0.3) is 0 Å². The van der Waals surface area contributed by atoms with Gasteiger partial charge >= 0.3 is 5.97 Å².